The van der Waals surface area contributed by atoms with Crippen molar-refractivity contribution >= 4 is 5.97 Å². The molecule has 1 N–H and O–H groups in total. The average Bonchev–Trinajstić information content (AvgIpc) is 2.51. The van der Waals surface area contributed by atoms with Gasteiger partial charge in [0.05, 0.1) is 7.11 Å². The number of halogens is 2. The van der Waals surface area contributed by atoms with Gasteiger partial charge in [-0.1, -0.05) is 6.42 Å². The number of hydrogen-bond acceptors (Lipinski definition) is 3. The smallest absolute Gasteiger partial charge is 0.303 e. The maximum atomic E-state index is 14.1. The third kappa shape index (κ3) is 3.94. The molecule has 1 aromatic carbocycles. The van der Waals surface area contributed by atoms with E-state index in [1.54, 1.807) is 0 Å². The van der Waals surface area contributed by atoms with Crippen molar-refractivity contribution in [1.82, 2.24) is 4.90 Å². The minimum absolute atomic E-state index is 0.0808. The molecule has 0 aromatic heterocycles. The van der Waals surface area contributed by atoms with Gasteiger partial charge in [-0.2, -0.15) is 0 Å². The van der Waals surface area contributed by atoms with Crippen molar-refractivity contribution < 1.29 is 23.4 Å². The Balaban J connectivity index is 2.16. The predicted octanol–water partition coefficient (Wildman–Crippen LogP) is 3.19. The molecular weight excluding hydrogens is 292 g/mol. The summed E-state index contributed by atoms with van der Waals surface area (Å²) >= 11 is 0. The Kier molecular flexibility index (Phi) is 5.71. The average molecular weight is 313 g/mol. The van der Waals surface area contributed by atoms with E-state index in [2.05, 4.69) is 0 Å². The number of benzene rings is 1. The number of carboxylic acids is 1. The van der Waals surface area contributed by atoms with Crippen LogP contribution in [0.15, 0.2) is 12.1 Å². The van der Waals surface area contributed by atoms with Crippen LogP contribution >= 0.6 is 0 Å². The second-order valence-electron chi connectivity index (χ2n) is 5.59. The molecule has 1 saturated heterocycles. The minimum atomic E-state index is -0.894. The monoisotopic (exact) mass is 313 g/mol. The molecule has 0 spiro atoms. The van der Waals surface area contributed by atoms with Gasteiger partial charge in [0.15, 0.2) is 11.6 Å². The number of methoxy groups -OCH3 is 1. The lowest BCUT2D eigenvalue weighted by Gasteiger charge is -2.36. The van der Waals surface area contributed by atoms with E-state index in [-0.39, 0.29) is 24.6 Å². The number of hydrogen-bond donors (Lipinski definition) is 1. The Hall–Kier alpha value is -1.69. The highest BCUT2D eigenvalue weighted by atomic mass is 19.2. The zero-order valence-corrected chi connectivity index (χ0v) is 12.6. The predicted molar refractivity (Wildman–Crippen MR) is 77.8 cm³/mol. The van der Waals surface area contributed by atoms with Gasteiger partial charge in [-0.3, -0.25) is 9.69 Å². The molecule has 1 heterocycles. The molecule has 1 aliphatic heterocycles. The van der Waals surface area contributed by atoms with Crippen LogP contribution in [0.4, 0.5) is 8.78 Å². The molecule has 1 atom stereocenters. The highest BCUT2D eigenvalue weighted by Crippen LogP contribution is 2.29. The molecule has 122 valence electrons. The summed E-state index contributed by atoms with van der Waals surface area (Å²) in [6.45, 7) is 0.987. The van der Waals surface area contributed by atoms with Crippen LogP contribution in [0.1, 0.15) is 37.7 Å². The van der Waals surface area contributed by atoms with E-state index in [0.717, 1.165) is 31.9 Å². The Morgan fingerprint density at radius 3 is 2.86 bits per heavy atom. The summed E-state index contributed by atoms with van der Waals surface area (Å²) in [7, 11) is 1.42. The van der Waals surface area contributed by atoms with E-state index in [0.29, 0.717) is 12.2 Å². The first kappa shape index (κ1) is 16.7. The summed E-state index contributed by atoms with van der Waals surface area (Å²) in [5.74, 6) is -2.29. The van der Waals surface area contributed by atoms with Crippen LogP contribution in [0.2, 0.25) is 0 Å². The van der Waals surface area contributed by atoms with Crippen LogP contribution in [0.25, 0.3) is 0 Å². The number of piperidine rings is 1. The molecule has 22 heavy (non-hydrogen) atoms. The molecule has 0 aliphatic carbocycles. The number of ether oxygens (including phenoxy) is 1. The fraction of sp³-hybridized carbons (Fsp3) is 0.562. The van der Waals surface area contributed by atoms with E-state index < -0.39 is 17.6 Å². The lowest BCUT2D eigenvalue weighted by Crippen LogP contribution is -2.39. The van der Waals surface area contributed by atoms with E-state index in [4.69, 9.17) is 9.84 Å². The topological polar surface area (TPSA) is 49.8 Å². The zero-order chi connectivity index (χ0) is 16.1. The Morgan fingerprint density at radius 1 is 1.41 bits per heavy atom. The minimum Gasteiger partial charge on any atom is -0.496 e. The molecule has 2 rings (SSSR count). The SMILES string of the molecule is COc1ccc(F)c(F)c1CN1CCCC[C@H]1CCC(=O)O. The van der Waals surface area contributed by atoms with Gasteiger partial charge in [0.2, 0.25) is 0 Å². The number of carboxylic acid groups (broad SMARTS) is 1. The van der Waals surface area contributed by atoms with Crippen molar-refractivity contribution in [2.75, 3.05) is 13.7 Å². The van der Waals surface area contributed by atoms with Crippen molar-refractivity contribution in [3.8, 4) is 5.75 Å². The van der Waals surface area contributed by atoms with Gasteiger partial charge in [0, 0.05) is 24.6 Å². The summed E-state index contributed by atoms with van der Waals surface area (Å²) in [6, 6.07) is 2.55. The second-order valence-corrected chi connectivity index (χ2v) is 5.59. The van der Waals surface area contributed by atoms with Gasteiger partial charge in [-0.15, -0.1) is 0 Å². The molecule has 4 nitrogen and oxygen atoms in total. The van der Waals surface area contributed by atoms with Crippen LogP contribution in [0, 0.1) is 11.6 Å². The van der Waals surface area contributed by atoms with Crippen molar-refractivity contribution in [1.29, 1.82) is 0 Å². The zero-order valence-electron chi connectivity index (χ0n) is 12.6. The molecule has 0 unspecified atom stereocenters. The van der Waals surface area contributed by atoms with Crippen LogP contribution in [0.3, 0.4) is 0 Å². The van der Waals surface area contributed by atoms with Crippen LogP contribution < -0.4 is 4.74 Å². The maximum Gasteiger partial charge on any atom is 0.303 e. The van der Waals surface area contributed by atoms with Gasteiger partial charge in [-0.05, 0) is 37.9 Å². The first-order valence-electron chi connectivity index (χ1n) is 7.49. The van der Waals surface area contributed by atoms with Crippen molar-refractivity contribution in [2.24, 2.45) is 0 Å². The van der Waals surface area contributed by atoms with Gasteiger partial charge < -0.3 is 9.84 Å². The van der Waals surface area contributed by atoms with E-state index >= 15 is 0 Å². The number of carbonyl (C=O) groups is 1. The molecule has 1 aliphatic rings. The van der Waals surface area contributed by atoms with Gasteiger partial charge in [-0.25, -0.2) is 8.78 Å². The largest absolute Gasteiger partial charge is 0.496 e. The third-order valence-electron chi connectivity index (χ3n) is 4.17. The molecule has 0 amide bonds. The Morgan fingerprint density at radius 2 is 2.18 bits per heavy atom. The summed E-state index contributed by atoms with van der Waals surface area (Å²) in [6.07, 6.45) is 3.50. The van der Waals surface area contributed by atoms with E-state index in [1.807, 2.05) is 4.90 Å². The number of likely N-dealkylation sites (tertiary alicyclic amines) is 1. The summed E-state index contributed by atoms with van der Waals surface area (Å²) in [5.41, 5.74) is 0.199. The molecule has 6 heteroatoms. The summed E-state index contributed by atoms with van der Waals surface area (Å²) in [4.78, 5) is 12.8. The van der Waals surface area contributed by atoms with Crippen LogP contribution in [-0.2, 0) is 11.3 Å². The lowest BCUT2D eigenvalue weighted by molar-refractivity contribution is -0.137. The highest BCUT2D eigenvalue weighted by molar-refractivity contribution is 5.66. The molecule has 1 fully saturated rings. The summed E-state index contributed by atoms with van der Waals surface area (Å²) < 4.78 is 32.7. The van der Waals surface area contributed by atoms with Crippen molar-refractivity contribution in [3.05, 3.63) is 29.3 Å². The number of nitrogens with zero attached hydrogens (tertiary/aromatic N) is 1. The van der Waals surface area contributed by atoms with E-state index in [9.17, 15) is 13.6 Å². The number of aliphatic carboxylic acids is 1. The second kappa shape index (κ2) is 7.54. The fourth-order valence-electron chi connectivity index (χ4n) is 3.00. The van der Waals surface area contributed by atoms with Crippen molar-refractivity contribution in [3.63, 3.8) is 0 Å². The van der Waals surface area contributed by atoms with Crippen LogP contribution in [0.5, 0.6) is 5.75 Å². The molecular formula is C16H21F2NO3. The third-order valence-corrected chi connectivity index (χ3v) is 4.17. The molecule has 0 saturated carbocycles. The van der Waals surface area contributed by atoms with Gasteiger partial charge >= 0.3 is 5.97 Å². The highest BCUT2D eigenvalue weighted by Gasteiger charge is 2.26. The number of rotatable bonds is 6. The Labute approximate surface area is 128 Å². The Bertz CT molecular complexity index is 536. The fourth-order valence-corrected chi connectivity index (χ4v) is 3.00. The molecule has 0 radical (unpaired) electrons. The van der Waals surface area contributed by atoms with E-state index in [1.165, 1.54) is 13.2 Å². The first-order chi connectivity index (χ1) is 10.5. The van der Waals surface area contributed by atoms with Crippen LogP contribution in [-0.4, -0.2) is 35.7 Å². The van der Waals surface area contributed by atoms with Gasteiger partial charge in [0.25, 0.3) is 0 Å². The lowest BCUT2D eigenvalue weighted by atomic mass is 9.97. The first-order valence-corrected chi connectivity index (χ1v) is 7.49. The van der Waals surface area contributed by atoms with Crippen molar-refractivity contribution in [2.45, 2.75) is 44.7 Å². The molecule has 1 aromatic rings. The normalized spacial score (nSPS) is 19.1. The standard InChI is InChI=1S/C16H21F2NO3/c1-22-14-7-6-13(17)16(18)12(14)10-19-9-3-2-4-11(19)5-8-15(20)21/h6-7,11H,2-5,8-10H2,1H3,(H,20,21)/t11-/m0/s1. The molecule has 0 bridgehead atoms. The quantitative estimate of drug-likeness (QED) is 0.876. The maximum absolute atomic E-state index is 14.1. The summed E-state index contributed by atoms with van der Waals surface area (Å²) in [5, 5.41) is 8.83. The van der Waals surface area contributed by atoms with Gasteiger partial charge in [0.1, 0.15) is 5.75 Å².